The SMILES string of the molecule is N#Cc1ccc(N2CCC(O)(c3ccccc3Cl)CC2)cc1. The van der Waals surface area contributed by atoms with Gasteiger partial charge in [0.25, 0.3) is 0 Å². The number of hydrogen-bond acceptors (Lipinski definition) is 3. The van der Waals surface area contributed by atoms with Crippen LogP contribution in [-0.2, 0) is 5.60 Å². The van der Waals surface area contributed by atoms with Crippen LogP contribution in [0.2, 0.25) is 5.02 Å². The molecule has 0 bridgehead atoms. The maximum absolute atomic E-state index is 10.9. The summed E-state index contributed by atoms with van der Waals surface area (Å²) in [5, 5.41) is 20.4. The predicted octanol–water partition coefficient (Wildman–Crippen LogP) is 3.70. The Hall–Kier alpha value is -2.02. The van der Waals surface area contributed by atoms with Gasteiger partial charge in [0.1, 0.15) is 0 Å². The number of nitrogens with zero attached hydrogens (tertiary/aromatic N) is 2. The summed E-state index contributed by atoms with van der Waals surface area (Å²) in [6, 6.07) is 17.2. The first-order valence-electron chi connectivity index (χ1n) is 7.35. The van der Waals surface area contributed by atoms with Gasteiger partial charge in [-0.3, -0.25) is 0 Å². The van der Waals surface area contributed by atoms with E-state index in [2.05, 4.69) is 11.0 Å². The van der Waals surface area contributed by atoms with Crippen molar-refractivity contribution in [3.8, 4) is 6.07 Å². The maximum Gasteiger partial charge on any atom is 0.0991 e. The lowest BCUT2D eigenvalue weighted by atomic mass is 9.84. The lowest BCUT2D eigenvalue weighted by Gasteiger charge is -2.40. The van der Waals surface area contributed by atoms with E-state index in [0.29, 0.717) is 23.4 Å². The second kappa shape index (κ2) is 6.00. The molecule has 0 saturated carbocycles. The van der Waals surface area contributed by atoms with E-state index < -0.39 is 5.60 Å². The molecule has 2 aromatic carbocycles. The second-order valence-electron chi connectivity index (χ2n) is 5.66. The van der Waals surface area contributed by atoms with Crippen LogP contribution >= 0.6 is 11.6 Å². The third-order valence-corrected chi connectivity index (χ3v) is 4.66. The van der Waals surface area contributed by atoms with Crippen molar-refractivity contribution in [3.63, 3.8) is 0 Å². The maximum atomic E-state index is 10.9. The Morgan fingerprint density at radius 2 is 1.68 bits per heavy atom. The summed E-state index contributed by atoms with van der Waals surface area (Å²) in [7, 11) is 0. The molecule has 0 aromatic heterocycles. The highest BCUT2D eigenvalue weighted by molar-refractivity contribution is 6.31. The highest BCUT2D eigenvalue weighted by atomic mass is 35.5. The number of rotatable bonds is 2. The van der Waals surface area contributed by atoms with E-state index in [1.165, 1.54) is 0 Å². The van der Waals surface area contributed by atoms with E-state index in [9.17, 15) is 5.11 Å². The number of aliphatic hydroxyl groups is 1. The molecular formula is C18H17ClN2O. The number of hydrogen-bond donors (Lipinski definition) is 1. The molecule has 1 saturated heterocycles. The van der Waals surface area contributed by atoms with E-state index in [1.54, 1.807) is 0 Å². The molecule has 0 radical (unpaired) electrons. The van der Waals surface area contributed by atoms with Crippen LogP contribution in [0.1, 0.15) is 24.0 Å². The highest BCUT2D eigenvalue weighted by Gasteiger charge is 2.35. The Morgan fingerprint density at radius 1 is 1.05 bits per heavy atom. The summed E-state index contributed by atoms with van der Waals surface area (Å²) >= 11 is 6.23. The van der Waals surface area contributed by atoms with Gasteiger partial charge in [-0.15, -0.1) is 0 Å². The third-order valence-electron chi connectivity index (χ3n) is 4.33. The van der Waals surface area contributed by atoms with Crippen molar-refractivity contribution in [2.45, 2.75) is 18.4 Å². The molecule has 3 nitrogen and oxygen atoms in total. The van der Waals surface area contributed by atoms with Crippen LogP contribution < -0.4 is 4.90 Å². The highest BCUT2D eigenvalue weighted by Crippen LogP contribution is 2.37. The average molecular weight is 313 g/mol. The zero-order valence-corrected chi connectivity index (χ0v) is 12.9. The topological polar surface area (TPSA) is 47.3 Å². The van der Waals surface area contributed by atoms with Crippen molar-refractivity contribution in [1.29, 1.82) is 5.26 Å². The summed E-state index contributed by atoms with van der Waals surface area (Å²) in [5.74, 6) is 0. The first-order chi connectivity index (χ1) is 10.6. The fourth-order valence-electron chi connectivity index (χ4n) is 2.99. The van der Waals surface area contributed by atoms with Gasteiger partial charge in [0.15, 0.2) is 0 Å². The Kier molecular flexibility index (Phi) is 4.06. The molecule has 112 valence electrons. The van der Waals surface area contributed by atoms with Crippen molar-refractivity contribution >= 4 is 17.3 Å². The third kappa shape index (κ3) is 2.81. The van der Waals surface area contributed by atoms with Crippen molar-refractivity contribution in [2.24, 2.45) is 0 Å². The fraction of sp³-hybridized carbons (Fsp3) is 0.278. The summed E-state index contributed by atoms with van der Waals surface area (Å²) in [4.78, 5) is 2.23. The molecule has 1 fully saturated rings. The zero-order chi connectivity index (χ0) is 15.6. The fourth-order valence-corrected chi connectivity index (χ4v) is 3.30. The number of piperidine rings is 1. The van der Waals surface area contributed by atoms with Gasteiger partial charge in [0.2, 0.25) is 0 Å². The van der Waals surface area contributed by atoms with Gasteiger partial charge in [0.05, 0.1) is 17.2 Å². The summed E-state index contributed by atoms with van der Waals surface area (Å²) < 4.78 is 0. The van der Waals surface area contributed by atoms with E-state index in [1.807, 2.05) is 48.5 Å². The predicted molar refractivity (Wildman–Crippen MR) is 88.0 cm³/mol. The molecule has 0 aliphatic carbocycles. The molecule has 0 spiro atoms. The summed E-state index contributed by atoms with van der Waals surface area (Å²) in [5.41, 5.74) is 1.70. The van der Waals surface area contributed by atoms with Crippen LogP contribution in [-0.4, -0.2) is 18.2 Å². The van der Waals surface area contributed by atoms with Crippen LogP contribution in [0.5, 0.6) is 0 Å². The van der Waals surface area contributed by atoms with Crippen molar-refractivity contribution in [2.75, 3.05) is 18.0 Å². The van der Waals surface area contributed by atoms with Gasteiger partial charge in [-0.2, -0.15) is 5.26 Å². The van der Waals surface area contributed by atoms with E-state index >= 15 is 0 Å². The monoisotopic (exact) mass is 312 g/mol. The molecule has 0 unspecified atom stereocenters. The van der Waals surface area contributed by atoms with Gasteiger partial charge in [-0.25, -0.2) is 0 Å². The Labute approximate surface area is 135 Å². The van der Waals surface area contributed by atoms with Crippen LogP contribution in [0.4, 0.5) is 5.69 Å². The minimum atomic E-state index is -0.860. The van der Waals surface area contributed by atoms with Crippen molar-refractivity contribution < 1.29 is 5.11 Å². The number of anilines is 1. The minimum absolute atomic E-state index is 0.622. The molecule has 0 amide bonds. The van der Waals surface area contributed by atoms with Crippen molar-refractivity contribution in [3.05, 3.63) is 64.7 Å². The first kappa shape index (κ1) is 14.9. The molecular weight excluding hydrogens is 296 g/mol. The van der Waals surface area contributed by atoms with E-state index in [0.717, 1.165) is 24.3 Å². The van der Waals surface area contributed by atoms with Gasteiger partial charge in [0, 0.05) is 29.4 Å². The smallest absolute Gasteiger partial charge is 0.0991 e. The Bertz CT molecular complexity index is 698. The number of nitriles is 1. The average Bonchev–Trinajstić information content (AvgIpc) is 2.56. The Balaban J connectivity index is 1.74. The standard InChI is InChI=1S/C18H17ClN2O/c19-17-4-2-1-3-16(17)18(22)9-11-21(12-10-18)15-7-5-14(13-20)6-8-15/h1-8,22H,9-12H2. The van der Waals surface area contributed by atoms with Gasteiger partial charge < -0.3 is 10.0 Å². The first-order valence-corrected chi connectivity index (χ1v) is 7.73. The minimum Gasteiger partial charge on any atom is -0.385 e. The molecule has 0 atom stereocenters. The van der Waals surface area contributed by atoms with E-state index in [-0.39, 0.29) is 0 Å². The van der Waals surface area contributed by atoms with E-state index in [4.69, 9.17) is 16.9 Å². The Morgan fingerprint density at radius 3 is 2.27 bits per heavy atom. The van der Waals surface area contributed by atoms with Crippen LogP contribution in [0.25, 0.3) is 0 Å². The van der Waals surface area contributed by atoms with Crippen molar-refractivity contribution in [1.82, 2.24) is 0 Å². The summed E-state index contributed by atoms with van der Waals surface area (Å²) in [6.45, 7) is 1.52. The molecule has 4 heteroatoms. The number of benzene rings is 2. The van der Waals surface area contributed by atoms with Gasteiger partial charge in [-0.05, 0) is 43.2 Å². The molecule has 22 heavy (non-hydrogen) atoms. The molecule has 3 rings (SSSR count). The zero-order valence-electron chi connectivity index (χ0n) is 12.2. The molecule has 1 N–H and O–H groups in total. The molecule has 1 aliphatic rings. The lowest BCUT2D eigenvalue weighted by Crippen LogP contribution is -2.42. The van der Waals surface area contributed by atoms with Crippen LogP contribution in [0, 0.1) is 11.3 Å². The number of halogens is 1. The second-order valence-corrected chi connectivity index (χ2v) is 6.06. The normalized spacial score (nSPS) is 17.0. The molecule has 1 heterocycles. The quantitative estimate of drug-likeness (QED) is 0.919. The largest absolute Gasteiger partial charge is 0.385 e. The van der Waals surface area contributed by atoms with Crippen LogP contribution in [0.15, 0.2) is 48.5 Å². The summed E-state index contributed by atoms with van der Waals surface area (Å²) in [6.07, 6.45) is 1.27. The lowest BCUT2D eigenvalue weighted by molar-refractivity contribution is 0.0119. The molecule has 2 aromatic rings. The molecule has 1 aliphatic heterocycles. The van der Waals surface area contributed by atoms with Crippen LogP contribution in [0.3, 0.4) is 0 Å². The van der Waals surface area contributed by atoms with Gasteiger partial charge in [-0.1, -0.05) is 29.8 Å². The van der Waals surface area contributed by atoms with Gasteiger partial charge >= 0.3 is 0 Å².